The summed E-state index contributed by atoms with van der Waals surface area (Å²) in [5, 5.41) is 3.11. The molecule has 92 valence electrons. The molecule has 1 fully saturated rings. The van der Waals surface area contributed by atoms with Gasteiger partial charge in [0.2, 0.25) is 5.91 Å². The van der Waals surface area contributed by atoms with Gasteiger partial charge in [-0.05, 0) is 31.2 Å². The molecule has 3 N–H and O–H groups in total. The van der Waals surface area contributed by atoms with Crippen molar-refractivity contribution < 1.29 is 4.79 Å². The molecule has 1 amide bonds. The van der Waals surface area contributed by atoms with Gasteiger partial charge in [0.05, 0.1) is 0 Å². The van der Waals surface area contributed by atoms with Crippen LogP contribution in [0.25, 0.3) is 0 Å². The number of benzene rings is 1. The van der Waals surface area contributed by atoms with Crippen molar-refractivity contribution in [2.45, 2.75) is 44.2 Å². The van der Waals surface area contributed by atoms with Crippen LogP contribution in [0.3, 0.4) is 0 Å². The van der Waals surface area contributed by atoms with Crippen molar-refractivity contribution in [3.8, 4) is 0 Å². The molecule has 1 aromatic rings. The molecule has 1 aromatic carbocycles. The van der Waals surface area contributed by atoms with Crippen molar-refractivity contribution in [1.82, 2.24) is 5.32 Å². The van der Waals surface area contributed by atoms with E-state index < -0.39 is 6.04 Å². The summed E-state index contributed by atoms with van der Waals surface area (Å²) >= 11 is 0. The quantitative estimate of drug-likeness (QED) is 0.835. The van der Waals surface area contributed by atoms with E-state index >= 15 is 0 Å². The highest BCUT2D eigenvalue weighted by Crippen LogP contribution is 2.34. The van der Waals surface area contributed by atoms with Crippen LogP contribution < -0.4 is 11.1 Å². The van der Waals surface area contributed by atoms with Crippen molar-refractivity contribution >= 4 is 5.91 Å². The maximum absolute atomic E-state index is 12.1. The lowest BCUT2D eigenvalue weighted by Crippen LogP contribution is -2.55. The van der Waals surface area contributed by atoms with Crippen LogP contribution in [0.2, 0.25) is 0 Å². The Kier molecular flexibility index (Phi) is 3.48. The van der Waals surface area contributed by atoms with E-state index in [0.29, 0.717) is 0 Å². The minimum Gasteiger partial charge on any atom is -0.349 e. The van der Waals surface area contributed by atoms with Crippen molar-refractivity contribution in [3.05, 3.63) is 35.9 Å². The molecule has 0 unspecified atom stereocenters. The number of amides is 1. The molecule has 1 aliphatic rings. The van der Waals surface area contributed by atoms with E-state index in [9.17, 15) is 4.79 Å². The molecule has 17 heavy (non-hydrogen) atoms. The van der Waals surface area contributed by atoms with E-state index in [1.807, 2.05) is 30.3 Å². The Balaban J connectivity index is 2.01. The van der Waals surface area contributed by atoms with E-state index in [2.05, 4.69) is 12.2 Å². The molecule has 1 atom stereocenters. The summed E-state index contributed by atoms with van der Waals surface area (Å²) in [5.41, 5.74) is 6.86. The first-order chi connectivity index (χ1) is 8.17. The summed E-state index contributed by atoms with van der Waals surface area (Å²) in [7, 11) is 0. The van der Waals surface area contributed by atoms with Gasteiger partial charge in [-0.25, -0.2) is 0 Å². The first-order valence-electron chi connectivity index (χ1n) is 6.29. The first-order valence-corrected chi connectivity index (χ1v) is 6.29. The van der Waals surface area contributed by atoms with Crippen LogP contribution in [0.5, 0.6) is 0 Å². The summed E-state index contributed by atoms with van der Waals surface area (Å²) in [4.78, 5) is 12.1. The average molecular weight is 232 g/mol. The Labute approximate surface area is 102 Å². The normalized spacial score (nSPS) is 19.2. The molecule has 0 spiro atoms. The van der Waals surface area contributed by atoms with Gasteiger partial charge in [0, 0.05) is 5.54 Å². The zero-order valence-corrected chi connectivity index (χ0v) is 10.3. The third-order valence-electron chi connectivity index (χ3n) is 3.82. The van der Waals surface area contributed by atoms with Gasteiger partial charge in [-0.2, -0.15) is 0 Å². The molecule has 0 saturated heterocycles. The summed E-state index contributed by atoms with van der Waals surface area (Å²) in [6.45, 7) is 2.12. The highest BCUT2D eigenvalue weighted by molar-refractivity contribution is 5.83. The molecule has 0 heterocycles. The summed E-state index contributed by atoms with van der Waals surface area (Å²) in [6.07, 6.45) is 4.35. The van der Waals surface area contributed by atoms with Gasteiger partial charge in [-0.15, -0.1) is 0 Å². The van der Waals surface area contributed by atoms with Gasteiger partial charge in [0.25, 0.3) is 0 Å². The van der Waals surface area contributed by atoms with Crippen LogP contribution in [0.15, 0.2) is 30.3 Å². The van der Waals surface area contributed by atoms with E-state index in [1.165, 1.54) is 6.42 Å². The molecule has 0 bridgehead atoms. The monoisotopic (exact) mass is 232 g/mol. The largest absolute Gasteiger partial charge is 0.349 e. The van der Waals surface area contributed by atoms with Gasteiger partial charge in [0.15, 0.2) is 0 Å². The third kappa shape index (κ3) is 2.50. The van der Waals surface area contributed by atoms with Gasteiger partial charge in [-0.1, -0.05) is 37.3 Å². The van der Waals surface area contributed by atoms with Gasteiger partial charge >= 0.3 is 0 Å². The SMILES string of the molecule is CCC1(NC(=O)[C@H](N)c2ccccc2)CCC1. The third-order valence-corrected chi connectivity index (χ3v) is 3.82. The molecule has 2 rings (SSSR count). The lowest BCUT2D eigenvalue weighted by molar-refractivity contribution is -0.125. The Hall–Kier alpha value is -1.35. The van der Waals surface area contributed by atoms with E-state index in [1.54, 1.807) is 0 Å². The topological polar surface area (TPSA) is 55.1 Å². The van der Waals surface area contributed by atoms with Crippen LogP contribution in [0.1, 0.15) is 44.2 Å². The van der Waals surface area contributed by atoms with E-state index in [-0.39, 0.29) is 11.4 Å². The van der Waals surface area contributed by atoms with Gasteiger partial charge in [0.1, 0.15) is 6.04 Å². The van der Waals surface area contributed by atoms with Crippen molar-refractivity contribution in [3.63, 3.8) is 0 Å². The number of rotatable bonds is 4. The van der Waals surface area contributed by atoms with Crippen LogP contribution in [0.4, 0.5) is 0 Å². The summed E-state index contributed by atoms with van der Waals surface area (Å²) in [6, 6.07) is 8.96. The predicted octanol–water partition coefficient (Wildman–Crippen LogP) is 2.14. The standard InChI is InChI=1S/C14H20N2O/c1-2-14(9-6-10-14)16-13(17)12(15)11-7-4-3-5-8-11/h3-5,7-8,12H,2,6,9-10,15H2,1H3,(H,16,17)/t12-/m1/s1. The second kappa shape index (κ2) is 4.88. The number of carbonyl (C=O) groups is 1. The minimum absolute atomic E-state index is 0.0173. The fourth-order valence-corrected chi connectivity index (χ4v) is 2.32. The number of hydrogen-bond donors (Lipinski definition) is 2. The number of nitrogens with two attached hydrogens (primary N) is 1. The lowest BCUT2D eigenvalue weighted by atomic mass is 9.74. The highest BCUT2D eigenvalue weighted by atomic mass is 16.2. The van der Waals surface area contributed by atoms with Crippen LogP contribution >= 0.6 is 0 Å². The second-order valence-electron chi connectivity index (χ2n) is 4.87. The zero-order valence-electron chi connectivity index (χ0n) is 10.3. The number of hydrogen-bond acceptors (Lipinski definition) is 2. The highest BCUT2D eigenvalue weighted by Gasteiger charge is 2.37. The summed E-state index contributed by atoms with van der Waals surface area (Å²) < 4.78 is 0. The molecule has 3 nitrogen and oxygen atoms in total. The molecule has 3 heteroatoms. The smallest absolute Gasteiger partial charge is 0.241 e. The molecule has 0 aromatic heterocycles. The van der Waals surface area contributed by atoms with Crippen molar-refractivity contribution in [2.24, 2.45) is 5.73 Å². The predicted molar refractivity (Wildman–Crippen MR) is 68.4 cm³/mol. The molecule has 0 aliphatic heterocycles. The molecule has 1 aliphatic carbocycles. The summed E-state index contributed by atoms with van der Waals surface area (Å²) in [5.74, 6) is -0.0576. The Bertz CT molecular complexity index is 379. The lowest BCUT2D eigenvalue weighted by Gasteiger charge is -2.42. The zero-order chi connectivity index (χ0) is 12.3. The van der Waals surface area contributed by atoms with E-state index in [0.717, 1.165) is 24.8 Å². The number of carbonyl (C=O) groups excluding carboxylic acids is 1. The Morgan fingerprint density at radius 2 is 2.06 bits per heavy atom. The Morgan fingerprint density at radius 3 is 2.53 bits per heavy atom. The molecular formula is C14H20N2O. The van der Waals surface area contributed by atoms with Crippen molar-refractivity contribution in [2.75, 3.05) is 0 Å². The Morgan fingerprint density at radius 1 is 1.41 bits per heavy atom. The maximum atomic E-state index is 12.1. The first kappa shape index (κ1) is 12.1. The van der Waals surface area contributed by atoms with E-state index in [4.69, 9.17) is 5.73 Å². The molecule has 1 saturated carbocycles. The van der Waals surface area contributed by atoms with Crippen molar-refractivity contribution in [1.29, 1.82) is 0 Å². The van der Waals surface area contributed by atoms with Gasteiger partial charge < -0.3 is 11.1 Å². The van der Waals surface area contributed by atoms with Crippen LogP contribution in [0, 0.1) is 0 Å². The van der Waals surface area contributed by atoms with Gasteiger partial charge in [-0.3, -0.25) is 4.79 Å². The van der Waals surface area contributed by atoms with Crippen LogP contribution in [-0.2, 0) is 4.79 Å². The fraction of sp³-hybridized carbons (Fsp3) is 0.500. The second-order valence-corrected chi connectivity index (χ2v) is 4.87. The minimum atomic E-state index is -0.555. The fourth-order valence-electron chi connectivity index (χ4n) is 2.32. The molecular weight excluding hydrogens is 212 g/mol. The number of nitrogens with one attached hydrogen (secondary N) is 1. The van der Waals surface area contributed by atoms with Crippen LogP contribution in [-0.4, -0.2) is 11.4 Å². The maximum Gasteiger partial charge on any atom is 0.241 e. The molecule has 0 radical (unpaired) electrons. The average Bonchev–Trinajstić information content (AvgIpc) is 2.33.